The zero-order chi connectivity index (χ0) is 24.2. The van der Waals surface area contributed by atoms with Gasteiger partial charge in [-0.2, -0.15) is 0 Å². The van der Waals surface area contributed by atoms with E-state index in [2.05, 4.69) is 34.6 Å². The molecular formula is C30H59BO2. The van der Waals surface area contributed by atoms with Crippen molar-refractivity contribution in [2.45, 2.75) is 169 Å². The van der Waals surface area contributed by atoms with Gasteiger partial charge in [0.1, 0.15) is 0 Å². The molecule has 0 spiro atoms. The third kappa shape index (κ3) is 12.8. The van der Waals surface area contributed by atoms with Crippen LogP contribution in [-0.4, -0.2) is 25.7 Å². The lowest BCUT2D eigenvalue weighted by atomic mass is 9.37. The maximum absolute atomic E-state index is 6.32. The molecule has 0 aromatic rings. The van der Waals surface area contributed by atoms with Crippen molar-refractivity contribution >= 4 is 6.71 Å². The Bertz CT molecular complexity index is 470. The van der Waals surface area contributed by atoms with Gasteiger partial charge in [0, 0.05) is 0 Å². The van der Waals surface area contributed by atoms with E-state index >= 15 is 0 Å². The first-order valence-corrected chi connectivity index (χ1v) is 15.1. The lowest BCUT2D eigenvalue weighted by molar-refractivity contribution is -0.112. The normalized spacial score (nSPS) is 16.3. The van der Waals surface area contributed by atoms with E-state index in [4.69, 9.17) is 9.47 Å². The van der Waals surface area contributed by atoms with Crippen LogP contribution in [0.4, 0.5) is 0 Å². The third-order valence-electron chi connectivity index (χ3n) is 7.66. The Balaban J connectivity index is 3.16. The van der Waals surface area contributed by atoms with Crippen molar-refractivity contribution in [1.29, 1.82) is 0 Å². The summed E-state index contributed by atoms with van der Waals surface area (Å²) in [6, 6.07) is 0. The van der Waals surface area contributed by atoms with Crippen LogP contribution in [0.25, 0.3) is 0 Å². The van der Waals surface area contributed by atoms with Crippen molar-refractivity contribution in [3.63, 3.8) is 0 Å². The van der Waals surface area contributed by atoms with Crippen LogP contribution in [0.2, 0.25) is 12.6 Å². The molecule has 1 saturated heterocycles. The van der Waals surface area contributed by atoms with E-state index in [1.165, 1.54) is 128 Å². The topological polar surface area (TPSA) is 18.5 Å². The standard InChI is InChI=1S/C30H59BO2/c1-6-10-14-18-22-28(30(5)32-26-27-33-30)29(23-19-15-11-7-2)31(24-20-16-12-8-3)25-21-17-13-9-4/h6-27H2,1-5H3/b29-28+. The second kappa shape index (κ2) is 20.0. The van der Waals surface area contributed by atoms with E-state index in [0.717, 1.165) is 19.9 Å². The average molecular weight is 463 g/mol. The summed E-state index contributed by atoms with van der Waals surface area (Å²) in [6.45, 7) is 13.7. The molecule has 0 bridgehead atoms. The molecule has 1 aliphatic rings. The van der Waals surface area contributed by atoms with E-state index in [1.807, 2.05) is 0 Å². The minimum absolute atomic E-state index is 0.475. The van der Waals surface area contributed by atoms with E-state index in [-0.39, 0.29) is 0 Å². The maximum atomic E-state index is 6.32. The van der Waals surface area contributed by atoms with Crippen molar-refractivity contribution in [2.24, 2.45) is 0 Å². The smallest absolute Gasteiger partial charge is 0.187 e. The van der Waals surface area contributed by atoms with Crippen LogP contribution in [0.5, 0.6) is 0 Å². The molecule has 0 N–H and O–H groups in total. The molecule has 194 valence electrons. The molecule has 33 heavy (non-hydrogen) atoms. The summed E-state index contributed by atoms with van der Waals surface area (Å²) >= 11 is 0. The highest BCUT2D eigenvalue weighted by Gasteiger charge is 2.38. The molecular weight excluding hydrogens is 403 g/mol. The molecule has 0 atom stereocenters. The van der Waals surface area contributed by atoms with Gasteiger partial charge in [0.25, 0.3) is 0 Å². The van der Waals surface area contributed by atoms with Gasteiger partial charge in [-0.25, -0.2) is 0 Å². The molecule has 3 heteroatoms. The second-order valence-corrected chi connectivity index (χ2v) is 10.7. The van der Waals surface area contributed by atoms with E-state index < -0.39 is 5.79 Å². The summed E-state index contributed by atoms with van der Waals surface area (Å²) in [7, 11) is 0. The third-order valence-corrected chi connectivity index (χ3v) is 7.66. The molecule has 1 heterocycles. The van der Waals surface area contributed by atoms with Crippen molar-refractivity contribution < 1.29 is 9.47 Å². The lowest BCUT2D eigenvalue weighted by Gasteiger charge is -2.32. The first-order valence-electron chi connectivity index (χ1n) is 15.1. The monoisotopic (exact) mass is 462 g/mol. The first kappa shape index (κ1) is 30.8. The van der Waals surface area contributed by atoms with Crippen molar-refractivity contribution in [3.8, 4) is 0 Å². The maximum Gasteiger partial charge on any atom is 0.187 e. The largest absolute Gasteiger partial charge is 0.344 e. The van der Waals surface area contributed by atoms with E-state index in [1.54, 1.807) is 11.0 Å². The van der Waals surface area contributed by atoms with Crippen LogP contribution in [-0.2, 0) is 9.47 Å². The fourth-order valence-corrected chi connectivity index (χ4v) is 5.57. The Hall–Kier alpha value is -0.275. The lowest BCUT2D eigenvalue weighted by Crippen LogP contribution is -2.33. The summed E-state index contributed by atoms with van der Waals surface area (Å²) < 4.78 is 12.6. The quantitative estimate of drug-likeness (QED) is 0.118. The highest BCUT2D eigenvalue weighted by Crippen LogP contribution is 2.38. The van der Waals surface area contributed by atoms with Crippen molar-refractivity contribution in [2.75, 3.05) is 13.2 Å². The van der Waals surface area contributed by atoms with Gasteiger partial charge in [0.2, 0.25) is 0 Å². The summed E-state index contributed by atoms with van der Waals surface area (Å²) in [5.74, 6) is -0.475. The van der Waals surface area contributed by atoms with Crippen molar-refractivity contribution in [1.82, 2.24) is 0 Å². The molecule has 0 aromatic heterocycles. The molecule has 1 rings (SSSR count). The highest BCUT2D eigenvalue weighted by molar-refractivity contribution is 6.66. The molecule has 0 unspecified atom stereocenters. The van der Waals surface area contributed by atoms with Crippen LogP contribution < -0.4 is 0 Å². The number of rotatable bonds is 22. The summed E-state index contributed by atoms with van der Waals surface area (Å²) in [5, 5.41) is 0. The van der Waals surface area contributed by atoms with Gasteiger partial charge in [-0.05, 0) is 31.8 Å². The first-order chi connectivity index (χ1) is 16.1. The van der Waals surface area contributed by atoms with Gasteiger partial charge in [-0.15, -0.1) is 0 Å². The SMILES string of the molecule is CCCCCCB(CCCCCC)/C(CCCCCC)=C(\CCCCCC)C1(C)OCCO1. The van der Waals surface area contributed by atoms with Crippen LogP contribution in [0, 0.1) is 0 Å². The molecule has 1 fully saturated rings. The number of unbranched alkanes of at least 4 members (excludes halogenated alkanes) is 12. The summed E-state index contributed by atoms with van der Waals surface area (Å²) in [5.41, 5.74) is 3.29. The van der Waals surface area contributed by atoms with E-state index in [9.17, 15) is 0 Å². The van der Waals surface area contributed by atoms with Crippen LogP contribution >= 0.6 is 0 Å². The van der Waals surface area contributed by atoms with Gasteiger partial charge in [-0.3, -0.25) is 0 Å². The zero-order valence-electron chi connectivity index (χ0n) is 23.5. The second-order valence-electron chi connectivity index (χ2n) is 10.7. The van der Waals surface area contributed by atoms with Gasteiger partial charge < -0.3 is 9.47 Å². The van der Waals surface area contributed by atoms with Gasteiger partial charge >= 0.3 is 0 Å². The van der Waals surface area contributed by atoms with Gasteiger partial charge in [0.05, 0.1) is 13.2 Å². The molecule has 0 radical (unpaired) electrons. The average Bonchev–Trinajstić information content (AvgIpc) is 3.26. The Morgan fingerprint density at radius 2 is 1.00 bits per heavy atom. The molecule has 0 amide bonds. The zero-order valence-corrected chi connectivity index (χ0v) is 23.5. The number of hydrogen-bond acceptors (Lipinski definition) is 2. The Kier molecular flexibility index (Phi) is 18.6. The van der Waals surface area contributed by atoms with Crippen LogP contribution in [0.15, 0.2) is 11.0 Å². The fourth-order valence-electron chi connectivity index (χ4n) is 5.57. The number of allylic oxidation sites excluding steroid dienone is 1. The molecule has 0 saturated carbocycles. The van der Waals surface area contributed by atoms with Crippen LogP contribution in [0.3, 0.4) is 0 Å². The number of hydrogen-bond donors (Lipinski definition) is 0. The predicted molar refractivity (Wildman–Crippen MR) is 149 cm³/mol. The Morgan fingerprint density at radius 1 is 0.576 bits per heavy atom. The molecule has 2 nitrogen and oxygen atoms in total. The predicted octanol–water partition coefficient (Wildman–Crippen LogP) is 10.2. The van der Waals surface area contributed by atoms with Crippen molar-refractivity contribution in [3.05, 3.63) is 11.0 Å². The highest BCUT2D eigenvalue weighted by atomic mass is 16.7. The molecule has 1 aliphatic heterocycles. The summed E-state index contributed by atoms with van der Waals surface area (Å²) in [6.07, 6.45) is 26.7. The number of ether oxygens (including phenoxy) is 2. The Morgan fingerprint density at radius 3 is 1.45 bits per heavy atom. The van der Waals surface area contributed by atoms with E-state index in [0.29, 0.717) is 0 Å². The van der Waals surface area contributed by atoms with Crippen LogP contribution in [0.1, 0.15) is 150 Å². The molecule has 0 aromatic carbocycles. The minimum Gasteiger partial charge on any atom is -0.344 e. The Labute approximate surface area is 209 Å². The van der Waals surface area contributed by atoms with Gasteiger partial charge in [0.15, 0.2) is 12.5 Å². The molecule has 0 aliphatic carbocycles. The summed E-state index contributed by atoms with van der Waals surface area (Å²) in [4.78, 5) is 0. The minimum atomic E-state index is -0.475. The fraction of sp³-hybridized carbons (Fsp3) is 0.933. The van der Waals surface area contributed by atoms with Gasteiger partial charge in [-0.1, -0.05) is 142 Å².